The van der Waals surface area contributed by atoms with Crippen molar-refractivity contribution in [3.05, 3.63) is 0 Å². The minimum atomic E-state index is -1.76. The lowest BCUT2D eigenvalue weighted by Gasteiger charge is -1.86. The summed E-state index contributed by atoms with van der Waals surface area (Å²) in [7, 11) is 1.23. The molecular weight excluding hydrogens is 116 g/mol. The Morgan fingerprint density at radius 1 is 1.86 bits per heavy atom. The molecule has 7 heavy (non-hydrogen) atoms. The summed E-state index contributed by atoms with van der Waals surface area (Å²) in [4.78, 5) is 0. The summed E-state index contributed by atoms with van der Waals surface area (Å²) in [6, 6.07) is 0. The Balaban J connectivity index is 3.23. The van der Waals surface area contributed by atoms with Gasteiger partial charge in [-0.25, -0.2) is 0 Å². The lowest BCUT2D eigenvalue weighted by Crippen LogP contribution is -1.91. The van der Waals surface area contributed by atoms with Gasteiger partial charge in [-0.1, -0.05) is 6.42 Å². The molecule has 0 N–H and O–H groups in total. The predicted octanol–water partition coefficient (Wildman–Crippen LogP) is -0.181. The molecule has 0 aromatic carbocycles. The van der Waals surface area contributed by atoms with Gasteiger partial charge in [-0.15, -0.1) is 0 Å². The van der Waals surface area contributed by atoms with Gasteiger partial charge in [0.1, 0.15) is 6.11 Å². The standard InChI is InChI=1S/C3H4O3S/c1-3-6-7(4)5-2/h1H,2H3. The molecular formula is C3H4O3S. The Hall–Kier alpha value is -0.530. The first-order valence-corrected chi connectivity index (χ1v) is 2.40. The van der Waals surface area contributed by atoms with Crippen molar-refractivity contribution in [2.24, 2.45) is 0 Å². The van der Waals surface area contributed by atoms with E-state index in [0.717, 1.165) is 0 Å². The number of hydrogen-bond acceptors (Lipinski definition) is 3. The van der Waals surface area contributed by atoms with Gasteiger partial charge in [0, 0.05) is 0 Å². The molecule has 0 spiro atoms. The summed E-state index contributed by atoms with van der Waals surface area (Å²) >= 11 is -1.76. The molecule has 4 heteroatoms. The molecule has 0 aliphatic carbocycles. The van der Waals surface area contributed by atoms with Gasteiger partial charge in [-0.05, 0) is 0 Å². The highest BCUT2D eigenvalue weighted by Crippen LogP contribution is 1.79. The van der Waals surface area contributed by atoms with Gasteiger partial charge in [0.25, 0.3) is 0 Å². The average molecular weight is 120 g/mol. The van der Waals surface area contributed by atoms with Gasteiger partial charge >= 0.3 is 11.4 Å². The third-order valence-electron chi connectivity index (χ3n) is 0.252. The first kappa shape index (κ1) is 6.47. The molecule has 0 heterocycles. The van der Waals surface area contributed by atoms with Gasteiger partial charge in [0.05, 0.1) is 7.11 Å². The van der Waals surface area contributed by atoms with Gasteiger partial charge in [0.2, 0.25) is 0 Å². The Morgan fingerprint density at radius 3 is 2.57 bits per heavy atom. The molecule has 0 fully saturated rings. The zero-order valence-corrected chi connectivity index (χ0v) is 4.53. The smallest absolute Gasteiger partial charge is 0.325 e. The summed E-state index contributed by atoms with van der Waals surface area (Å²) in [5, 5.41) is 0. The van der Waals surface area contributed by atoms with Crippen LogP contribution in [0.3, 0.4) is 0 Å². The third kappa shape index (κ3) is 3.30. The highest BCUT2D eigenvalue weighted by atomic mass is 32.2. The van der Waals surface area contributed by atoms with Crippen LogP contribution >= 0.6 is 0 Å². The van der Waals surface area contributed by atoms with E-state index in [1.165, 1.54) is 7.11 Å². The minimum absolute atomic E-state index is 1.23. The van der Waals surface area contributed by atoms with Crippen LogP contribution in [-0.4, -0.2) is 11.3 Å². The second-order valence-electron chi connectivity index (χ2n) is 0.572. The maximum atomic E-state index is 9.94. The number of terminal acetylenes is 1. The van der Waals surface area contributed by atoms with Crippen LogP contribution in [0.5, 0.6) is 0 Å². The van der Waals surface area contributed by atoms with E-state index in [1.807, 2.05) is 0 Å². The molecule has 3 nitrogen and oxygen atoms in total. The zero-order chi connectivity index (χ0) is 5.70. The first-order valence-electron chi connectivity index (χ1n) is 1.40. The lowest BCUT2D eigenvalue weighted by atomic mass is 11.3. The van der Waals surface area contributed by atoms with Crippen LogP contribution in [0.15, 0.2) is 0 Å². The second-order valence-corrected chi connectivity index (χ2v) is 1.48. The third-order valence-corrected chi connectivity index (χ3v) is 0.757. The van der Waals surface area contributed by atoms with Crippen LogP contribution in [0.1, 0.15) is 0 Å². The fraction of sp³-hybridized carbons (Fsp3) is 0.333. The van der Waals surface area contributed by atoms with Crippen LogP contribution in [-0.2, 0) is 19.7 Å². The highest BCUT2D eigenvalue weighted by molar-refractivity contribution is 7.75. The Labute approximate surface area is 44.5 Å². The van der Waals surface area contributed by atoms with E-state index < -0.39 is 11.4 Å². The van der Waals surface area contributed by atoms with Crippen molar-refractivity contribution >= 4 is 11.4 Å². The molecule has 1 atom stereocenters. The maximum absolute atomic E-state index is 9.94. The monoisotopic (exact) mass is 120 g/mol. The second kappa shape index (κ2) is 3.65. The Morgan fingerprint density at radius 2 is 2.43 bits per heavy atom. The van der Waals surface area contributed by atoms with Crippen molar-refractivity contribution in [3.8, 4) is 12.5 Å². The Kier molecular flexibility index (Phi) is 3.38. The van der Waals surface area contributed by atoms with Crippen molar-refractivity contribution in [2.75, 3.05) is 7.11 Å². The normalized spacial score (nSPS) is 12.0. The van der Waals surface area contributed by atoms with Crippen molar-refractivity contribution in [1.29, 1.82) is 0 Å². The Bertz CT molecular complexity index is 103. The van der Waals surface area contributed by atoms with E-state index in [0.29, 0.717) is 0 Å². The number of rotatable bonds is 2. The van der Waals surface area contributed by atoms with Gasteiger partial charge in [-0.3, -0.25) is 4.18 Å². The van der Waals surface area contributed by atoms with Crippen molar-refractivity contribution in [2.45, 2.75) is 0 Å². The highest BCUT2D eigenvalue weighted by Gasteiger charge is 1.88. The van der Waals surface area contributed by atoms with E-state index in [2.05, 4.69) is 14.8 Å². The largest absolute Gasteiger partial charge is 0.368 e. The lowest BCUT2D eigenvalue weighted by molar-refractivity contribution is 0.372. The topological polar surface area (TPSA) is 35.5 Å². The molecule has 1 unspecified atom stereocenters. The van der Waals surface area contributed by atoms with E-state index in [9.17, 15) is 4.21 Å². The molecule has 0 bridgehead atoms. The molecule has 0 aliphatic rings. The quantitative estimate of drug-likeness (QED) is 0.474. The molecule has 0 aromatic rings. The van der Waals surface area contributed by atoms with Crippen molar-refractivity contribution < 1.29 is 12.6 Å². The van der Waals surface area contributed by atoms with E-state index in [-0.39, 0.29) is 0 Å². The number of hydrogen-bond donors (Lipinski definition) is 0. The predicted molar refractivity (Wildman–Crippen MR) is 25.1 cm³/mol. The molecule has 0 rings (SSSR count). The van der Waals surface area contributed by atoms with E-state index >= 15 is 0 Å². The fourth-order valence-corrected chi connectivity index (χ4v) is 0.220. The zero-order valence-electron chi connectivity index (χ0n) is 3.71. The van der Waals surface area contributed by atoms with Gasteiger partial charge in [-0.2, -0.15) is 4.21 Å². The molecule has 0 saturated carbocycles. The summed E-state index contributed by atoms with van der Waals surface area (Å²) in [6.45, 7) is 0. The van der Waals surface area contributed by atoms with E-state index in [1.54, 1.807) is 6.11 Å². The first-order chi connectivity index (χ1) is 3.31. The molecule has 0 saturated heterocycles. The van der Waals surface area contributed by atoms with Crippen molar-refractivity contribution in [1.82, 2.24) is 0 Å². The molecule has 0 aliphatic heterocycles. The van der Waals surface area contributed by atoms with Crippen molar-refractivity contribution in [3.63, 3.8) is 0 Å². The summed E-state index contributed by atoms with van der Waals surface area (Å²) in [6.07, 6.45) is 6.25. The van der Waals surface area contributed by atoms with Crippen LogP contribution in [0.4, 0.5) is 0 Å². The van der Waals surface area contributed by atoms with Crippen LogP contribution < -0.4 is 0 Å². The summed E-state index contributed by atoms with van der Waals surface area (Å²) in [5.41, 5.74) is 0. The molecule has 40 valence electrons. The molecule has 0 radical (unpaired) electrons. The maximum Gasteiger partial charge on any atom is 0.368 e. The fourth-order valence-electron chi connectivity index (χ4n) is 0.0733. The SMILES string of the molecule is C#COS(=O)OC. The van der Waals surface area contributed by atoms with Crippen LogP contribution in [0.25, 0.3) is 0 Å². The van der Waals surface area contributed by atoms with Gasteiger partial charge in [0.15, 0.2) is 0 Å². The van der Waals surface area contributed by atoms with Crippen LogP contribution in [0, 0.1) is 12.5 Å². The molecule has 0 amide bonds. The van der Waals surface area contributed by atoms with E-state index in [4.69, 9.17) is 0 Å². The summed E-state index contributed by atoms with van der Waals surface area (Å²) < 4.78 is 18.0. The summed E-state index contributed by atoms with van der Waals surface area (Å²) in [5.74, 6) is 0. The van der Waals surface area contributed by atoms with Crippen LogP contribution in [0.2, 0.25) is 0 Å². The average Bonchev–Trinajstić information content (AvgIpc) is 1.68. The minimum Gasteiger partial charge on any atom is -0.325 e. The van der Waals surface area contributed by atoms with Gasteiger partial charge < -0.3 is 4.18 Å². The molecule has 0 aromatic heterocycles.